The number of para-hydroxylation sites is 1. The van der Waals surface area contributed by atoms with Gasteiger partial charge in [0.05, 0.1) is 16.8 Å². The number of piperidine rings is 1. The number of hydrogen-bond donors (Lipinski definition) is 1. The minimum absolute atomic E-state index is 0.298. The van der Waals surface area contributed by atoms with E-state index in [2.05, 4.69) is 4.90 Å². The summed E-state index contributed by atoms with van der Waals surface area (Å²) < 4.78 is 5.36. The molecule has 0 atom stereocenters. The van der Waals surface area contributed by atoms with Crippen molar-refractivity contribution in [2.24, 2.45) is 0 Å². The lowest BCUT2D eigenvalue weighted by molar-refractivity contribution is -0.131. The van der Waals surface area contributed by atoms with Gasteiger partial charge < -0.3 is 14.7 Å². The molecule has 1 aromatic carbocycles. The highest BCUT2D eigenvalue weighted by atomic mass is 35.5. The highest BCUT2D eigenvalue weighted by Gasteiger charge is 2.21. The van der Waals surface area contributed by atoms with Gasteiger partial charge in [-0.3, -0.25) is 0 Å². The molecule has 108 valence electrons. The molecule has 0 bridgehead atoms. The Kier molecular flexibility index (Phi) is 5.04. The van der Waals surface area contributed by atoms with Gasteiger partial charge in [0, 0.05) is 26.3 Å². The number of rotatable bonds is 4. The normalized spacial score (nSPS) is 16.8. The van der Waals surface area contributed by atoms with Crippen molar-refractivity contribution in [1.29, 1.82) is 0 Å². The largest absolute Gasteiger partial charge is 0.478 e. The predicted octanol–water partition coefficient (Wildman–Crippen LogP) is 3.05. The Hall–Kier alpha value is -1.52. The first-order valence-corrected chi connectivity index (χ1v) is 6.97. The number of nitrogens with zero attached hydrogens (tertiary/aromatic N) is 1. The first-order chi connectivity index (χ1) is 9.61. The van der Waals surface area contributed by atoms with Crippen molar-refractivity contribution < 1.29 is 14.6 Å². The van der Waals surface area contributed by atoms with Crippen molar-refractivity contribution >= 4 is 29.3 Å². The molecule has 0 saturated carbocycles. The monoisotopic (exact) mass is 295 g/mol. The van der Waals surface area contributed by atoms with Crippen LogP contribution in [0.3, 0.4) is 0 Å². The average Bonchev–Trinajstić information content (AvgIpc) is 2.45. The van der Waals surface area contributed by atoms with Crippen LogP contribution in [0.5, 0.6) is 0 Å². The van der Waals surface area contributed by atoms with Crippen molar-refractivity contribution in [3.63, 3.8) is 0 Å². The third-order valence-electron chi connectivity index (χ3n) is 3.52. The van der Waals surface area contributed by atoms with Crippen LogP contribution < -0.4 is 4.90 Å². The Morgan fingerprint density at radius 1 is 1.45 bits per heavy atom. The van der Waals surface area contributed by atoms with Crippen LogP contribution in [0.4, 0.5) is 5.69 Å². The fraction of sp³-hybridized carbons (Fsp3) is 0.400. The van der Waals surface area contributed by atoms with Crippen LogP contribution >= 0.6 is 11.6 Å². The Morgan fingerprint density at radius 2 is 2.15 bits per heavy atom. The summed E-state index contributed by atoms with van der Waals surface area (Å²) in [6.07, 6.45) is 4.92. The second-order valence-corrected chi connectivity index (χ2v) is 5.18. The van der Waals surface area contributed by atoms with Crippen LogP contribution in [0.15, 0.2) is 24.3 Å². The molecule has 1 fully saturated rings. The minimum atomic E-state index is -0.964. The smallest absolute Gasteiger partial charge is 0.328 e. The zero-order valence-electron chi connectivity index (χ0n) is 11.4. The third-order valence-corrected chi connectivity index (χ3v) is 3.82. The molecule has 5 heteroatoms. The molecule has 1 aromatic rings. The SMILES string of the molecule is COC1CCN(c2c(Cl)cccc2/C=C/C(=O)O)CC1. The highest BCUT2D eigenvalue weighted by molar-refractivity contribution is 6.33. The van der Waals surface area contributed by atoms with Crippen LogP contribution in [-0.2, 0) is 9.53 Å². The predicted molar refractivity (Wildman–Crippen MR) is 80.4 cm³/mol. The van der Waals surface area contributed by atoms with Gasteiger partial charge in [-0.15, -0.1) is 0 Å². The van der Waals surface area contributed by atoms with Crippen molar-refractivity contribution in [2.45, 2.75) is 18.9 Å². The van der Waals surface area contributed by atoms with Gasteiger partial charge in [0.15, 0.2) is 0 Å². The second-order valence-electron chi connectivity index (χ2n) is 4.77. The van der Waals surface area contributed by atoms with Gasteiger partial charge in [-0.25, -0.2) is 4.79 Å². The van der Waals surface area contributed by atoms with Gasteiger partial charge in [-0.2, -0.15) is 0 Å². The van der Waals surface area contributed by atoms with Gasteiger partial charge in [0.1, 0.15) is 0 Å². The molecule has 1 aliphatic rings. The van der Waals surface area contributed by atoms with E-state index in [1.807, 2.05) is 18.2 Å². The first-order valence-electron chi connectivity index (χ1n) is 6.59. The third kappa shape index (κ3) is 3.52. The van der Waals surface area contributed by atoms with Crippen LogP contribution in [0.1, 0.15) is 18.4 Å². The molecule has 4 nitrogen and oxygen atoms in total. The summed E-state index contributed by atoms with van der Waals surface area (Å²) in [5, 5.41) is 9.41. The minimum Gasteiger partial charge on any atom is -0.478 e. The molecule has 1 N–H and O–H groups in total. The molecule has 20 heavy (non-hydrogen) atoms. The summed E-state index contributed by atoms with van der Waals surface area (Å²) in [5.74, 6) is -0.964. The van der Waals surface area contributed by atoms with E-state index in [0.29, 0.717) is 11.1 Å². The van der Waals surface area contributed by atoms with Gasteiger partial charge in [-0.1, -0.05) is 23.7 Å². The first kappa shape index (κ1) is 14.9. The van der Waals surface area contributed by atoms with Crippen molar-refractivity contribution in [3.8, 4) is 0 Å². The summed E-state index contributed by atoms with van der Waals surface area (Å²) in [4.78, 5) is 12.9. The number of anilines is 1. The number of carboxylic acids is 1. The summed E-state index contributed by atoms with van der Waals surface area (Å²) >= 11 is 6.29. The Balaban J connectivity index is 2.24. The zero-order valence-corrected chi connectivity index (χ0v) is 12.1. The topological polar surface area (TPSA) is 49.8 Å². The highest BCUT2D eigenvalue weighted by Crippen LogP contribution is 2.33. The fourth-order valence-electron chi connectivity index (χ4n) is 2.48. The quantitative estimate of drug-likeness (QED) is 0.868. The summed E-state index contributed by atoms with van der Waals surface area (Å²) in [6, 6.07) is 5.54. The molecule has 1 saturated heterocycles. The number of benzene rings is 1. The van der Waals surface area contributed by atoms with Crippen molar-refractivity contribution in [2.75, 3.05) is 25.1 Å². The molecule has 2 rings (SSSR count). The van der Waals surface area contributed by atoms with Crippen LogP contribution in [-0.4, -0.2) is 37.4 Å². The standard InChI is InChI=1S/C15H18ClNO3/c1-20-12-7-9-17(10-8-12)15-11(5-6-14(18)19)3-2-4-13(15)16/h2-6,12H,7-10H2,1H3,(H,18,19)/b6-5+. The average molecular weight is 296 g/mol. The molecule has 0 unspecified atom stereocenters. The number of ether oxygens (including phenoxy) is 1. The lowest BCUT2D eigenvalue weighted by atomic mass is 10.0. The molecule has 0 radical (unpaired) electrons. The van der Waals surface area contributed by atoms with Gasteiger partial charge in [0.2, 0.25) is 0 Å². The van der Waals surface area contributed by atoms with Crippen LogP contribution in [0.25, 0.3) is 6.08 Å². The number of methoxy groups -OCH3 is 1. The van der Waals surface area contributed by atoms with Crippen molar-refractivity contribution in [3.05, 3.63) is 34.9 Å². The molecule has 0 aliphatic carbocycles. The summed E-state index contributed by atoms with van der Waals surface area (Å²) in [6.45, 7) is 1.71. The Morgan fingerprint density at radius 3 is 2.75 bits per heavy atom. The van der Waals surface area contributed by atoms with E-state index in [-0.39, 0.29) is 0 Å². The van der Waals surface area contributed by atoms with Crippen LogP contribution in [0.2, 0.25) is 5.02 Å². The number of aliphatic carboxylic acids is 1. The van der Waals surface area contributed by atoms with Gasteiger partial charge in [-0.05, 0) is 30.5 Å². The van der Waals surface area contributed by atoms with E-state index in [1.165, 1.54) is 0 Å². The van der Waals surface area contributed by atoms with E-state index in [0.717, 1.165) is 43.3 Å². The molecule has 1 heterocycles. The summed E-state index contributed by atoms with van der Waals surface area (Å²) in [7, 11) is 1.73. The number of carboxylic acid groups (broad SMARTS) is 1. The second kappa shape index (κ2) is 6.77. The maximum absolute atomic E-state index is 10.7. The molecular weight excluding hydrogens is 278 g/mol. The lowest BCUT2D eigenvalue weighted by Crippen LogP contribution is -2.37. The molecular formula is C15H18ClNO3. The maximum atomic E-state index is 10.7. The van der Waals surface area contributed by atoms with Gasteiger partial charge >= 0.3 is 5.97 Å². The van der Waals surface area contributed by atoms with E-state index in [9.17, 15) is 4.79 Å². The fourth-order valence-corrected chi connectivity index (χ4v) is 2.78. The number of halogens is 1. The van der Waals surface area contributed by atoms with Crippen LogP contribution in [0, 0.1) is 0 Å². The van der Waals surface area contributed by atoms with Crippen molar-refractivity contribution in [1.82, 2.24) is 0 Å². The molecule has 0 amide bonds. The maximum Gasteiger partial charge on any atom is 0.328 e. The number of carbonyl (C=O) groups is 1. The summed E-state index contributed by atoms with van der Waals surface area (Å²) in [5.41, 5.74) is 1.73. The van der Waals surface area contributed by atoms with E-state index >= 15 is 0 Å². The lowest BCUT2D eigenvalue weighted by Gasteiger charge is -2.34. The van der Waals surface area contributed by atoms with E-state index < -0.39 is 5.97 Å². The molecule has 0 aromatic heterocycles. The van der Waals surface area contributed by atoms with E-state index in [4.69, 9.17) is 21.4 Å². The number of hydrogen-bond acceptors (Lipinski definition) is 3. The zero-order chi connectivity index (χ0) is 14.5. The molecule has 0 spiro atoms. The Bertz CT molecular complexity index is 508. The van der Waals surface area contributed by atoms with Gasteiger partial charge in [0.25, 0.3) is 0 Å². The Labute approximate surface area is 123 Å². The molecule has 1 aliphatic heterocycles. The van der Waals surface area contributed by atoms with E-state index in [1.54, 1.807) is 13.2 Å².